The Hall–Kier alpha value is -2.59. The summed E-state index contributed by atoms with van der Waals surface area (Å²) in [6.45, 7) is 4.02. The van der Waals surface area contributed by atoms with Crippen LogP contribution in [0, 0.1) is 0 Å². The van der Waals surface area contributed by atoms with Gasteiger partial charge in [-0.25, -0.2) is 0 Å². The van der Waals surface area contributed by atoms with Gasteiger partial charge in [-0.2, -0.15) is 0 Å². The molecule has 2 aromatic carbocycles. The first-order valence-corrected chi connectivity index (χ1v) is 12.4. The summed E-state index contributed by atoms with van der Waals surface area (Å²) < 4.78 is 17.5. The summed E-state index contributed by atoms with van der Waals surface area (Å²) in [6.07, 6.45) is 0.348. The highest BCUT2D eigenvalue weighted by atomic mass is 35.5. The van der Waals surface area contributed by atoms with E-state index in [-0.39, 0.29) is 22.9 Å². The summed E-state index contributed by atoms with van der Waals surface area (Å²) in [5, 5.41) is 10.9. The van der Waals surface area contributed by atoms with Crippen LogP contribution in [0.2, 0.25) is 5.02 Å². The average molecular weight is 521 g/mol. The molecule has 0 aliphatic carbocycles. The number of rotatable bonds is 10. The lowest BCUT2D eigenvalue weighted by molar-refractivity contribution is 0.0496. The fraction of sp³-hybridized carbons (Fsp3) is 0.333. The minimum Gasteiger partial charge on any atom is -0.494 e. The van der Waals surface area contributed by atoms with E-state index in [4.69, 9.17) is 38.0 Å². The third-order valence-corrected chi connectivity index (χ3v) is 6.81. The molecule has 0 radical (unpaired) electrons. The molecule has 0 bridgehead atoms. The zero-order valence-electron chi connectivity index (χ0n) is 18.5. The van der Waals surface area contributed by atoms with E-state index < -0.39 is 0 Å². The minimum absolute atomic E-state index is 0.0270. The van der Waals surface area contributed by atoms with Crippen LogP contribution in [0.1, 0.15) is 22.9 Å². The lowest BCUT2D eigenvalue weighted by atomic mass is 10.1. The van der Waals surface area contributed by atoms with E-state index >= 15 is 0 Å². The van der Waals surface area contributed by atoms with Crippen molar-refractivity contribution in [3.05, 3.63) is 79.2 Å². The predicted molar refractivity (Wildman–Crippen MR) is 136 cm³/mol. The van der Waals surface area contributed by atoms with Crippen LogP contribution in [0.25, 0.3) is 0 Å². The van der Waals surface area contributed by atoms with Crippen molar-refractivity contribution in [3.8, 4) is 11.6 Å². The zero-order chi connectivity index (χ0) is 24.1. The highest BCUT2D eigenvalue weighted by Crippen LogP contribution is 2.22. The van der Waals surface area contributed by atoms with Gasteiger partial charge in [-0.05, 0) is 54.5 Å². The Bertz CT molecular complexity index is 1180. The van der Waals surface area contributed by atoms with Crippen LogP contribution in [0.15, 0.2) is 53.3 Å². The number of hydrogen-bond donors (Lipinski definition) is 2. The van der Waals surface area contributed by atoms with Gasteiger partial charge >= 0.3 is 4.87 Å². The summed E-state index contributed by atoms with van der Waals surface area (Å²) in [7, 11) is 0. The monoisotopic (exact) mass is 520 g/mol. The molecule has 1 fully saturated rings. The number of halogens is 1. The summed E-state index contributed by atoms with van der Waals surface area (Å²) >= 11 is 12.4. The molecule has 2 N–H and O–H groups in total. The van der Waals surface area contributed by atoms with Crippen LogP contribution < -0.4 is 9.61 Å². The Morgan fingerprint density at radius 1 is 1.29 bits per heavy atom. The highest BCUT2D eigenvalue weighted by molar-refractivity contribution is 7.80. The molecule has 180 valence electrons. The molecule has 10 heteroatoms. The topological polar surface area (TPSA) is 84.0 Å². The van der Waals surface area contributed by atoms with E-state index in [2.05, 4.69) is 4.98 Å². The van der Waals surface area contributed by atoms with Crippen molar-refractivity contribution < 1.29 is 19.3 Å². The van der Waals surface area contributed by atoms with Crippen LogP contribution in [-0.4, -0.2) is 52.1 Å². The first-order chi connectivity index (χ1) is 16.4. The maximum absolute atomic E-state index is 11.3. The van der Waals surface area contributed by atoms with Crippen molar-refractivity contribution in [3.63, 3.8) is 0 Å². The van der Waals surface area contributed by atoms with Crippen LogP contribution in [0.5, 0.6) is 11.6 Å². The van der Waals surface area contributed by atoms with E-state index in [1.807, 2.05) is 60.4 Å². The summed E-state index contributed by atoms with van der Waals surface area (Å²) in [5.74, 6) is 0.663. The Labute approximate surface area is 211 Å². The molecule has 3 aromatic rings. The van der Waals surface area contributed by atoms with E-state index in [1.165, 1.54) is 0 Å². The molecule has 1 saturated heterocycles. The second kappa shape index (κ2) is 11.2. The second-order valence-corrected chi connectivity index (χ2v) is 9.92. The Kier molecular flexibility index (Phi) is 8.10. The molecule has 0 amide bonds. The van der Waals surface area contributed by atoms with Gasteiger partial charge in [0.1, 0.15) is 18.5 Å². The van der Waals surface area contributed by atoms with Crippen molar-refractivity contribution in [2.45, 2.75) is 32.1 Å². The summed E-state index contributed by atoms with van der Waals surface area (Å²) in [5.41, 5.74) is 1.99. The predicted octanol–water partition coefficient (Wildman–Crippen LogP) is 4.36. The second-order valence-electron chi connectivity index (χ2n) is 8.07. The molecule has 2 unspecified atom stereocenters. The number of nitrogens with one attached hydrogen (secondary N) is 1. The Morgan fingerprint density at radius 2 is 2.09 bits per heavy atom. The van der Waals surface area contributed by atoms with Crippen LogP contribution in [0.4, 0.5) is 0 Å². The third kappa shape index (κ3) is 6.50. The summed E-state index contributed by atoms with van der Waals surface area (Å²) in [6, 6.07) is 15.2. The lowest BCUT2D eigenvalue weighted by Gasteiger charge is -2.23. The average Bonchev–Trinajstić information content (AvgIpc) is 3.33. The molecule has 1 aliphatic rings. The third-order valence-electron chi connectivity index (χ3n) is 5.38. The molecule has 0 spiro atoms. The van der Waals surface area contributed by atoms with Crippen LogP contribution in [0.3, 0.4) is 0 Å². The molecule has 4 rings (SSSR count). The van der Waals surface area contributed by atoms with Crippen molar-refractivity contribution in [1.82, 2.24) is 9.88 Å². The molecular formula is C24H25ClN2O5S2. The fourth-order valence-corrected chi connectivity index (χ4v) is 4.95. The Balaban J connectivity index is 1.22. The highest BCUT2D eigenvalue weighted by Gasteiger charge is 2.31. The smallest absolute Gasteiger partial charge is 0.307 e. The molecule has 1 aliphatic heterocycles. The first kappa shape index (κ1) is 24.5. The van der Waals surface area contributed by atoms with E-state index in [9.17, 15) is 9.90 Å². The number of nitrogens with zero attached hydrogens (tertiary/aromatic N) is 1. The number of thiazole rings is 1. The van der Waals surface area contributed by atoms with Crippen LogP contribution in [-0.2, 0) is 22.5 Å². The molecule has 34 heavy (non-hydrogen) atoms. The van der Waals surface area contributed by atoms with Gasteiger partial charge in [0.05, 0.1) is 30.7 Å². The van der Waals surface area contributed by atoms with Crippen molar-refractivity contribution in [2.75, 3.05) is 19.8 Å². The van der Waals surface area contributed by atoms with Gasteiger partial charge in [-0.15, -0.1) is 0 Å². The van der Waals surface area contributed by atoms with Crippen molar-refractivity contribution >= 4 is 40.3 Å². The normalized spacial score (nSPS) is 16.5. The maximum Gasteiger partial charge on any atom is 0.307 e. The summed E-state index contributed by atoms with van der Waals surface area (Å²) in [4.78, 5) is 16.1. The maximum atomic E-state index is 11.3. The number of benzene rings is 2. The van der Waals surface area contributed by atoms with Gasteiger partial charge in [0.2, 0.25) is 5.88 Å². The van der Waals surface area contributed by atoms with Gasteiger partial charge in [-0.1, -0.05) is 47.2 Å². The molecular weight excluding hydrogens is 496 g/mol. The number of aromatic hydroxyl groups is 1. The SMILES string of the molecule is CC(COc1ccc(Cc2sc(=O)[nH]c2O)cc1)N1CC(COCc2cccc(Cl)c2)OC1=S. The molecule has 0 saturated carbocycles. The van der Waals surface area contributed by atoms with E-state index in [0.717, 1.165) is 28.2 Å². The van der Waals surface area contributed by atoms with E-state index in [1.54, 1.807) is 0 Å². The number of ether oxygens (including phenoxy) is 3. The minimum atomic E-state index is -0.264. The quantitative estimate of drug-likeness (QED) is 0.384. The molecule has 7 nitrogen and oxygen atoms in total. The fourth-order valence-electron chi connectivity index (χ4n) is 3.59. The molecule has 1 aromatic heterocycles. The number of aromatic nitrogens is 1. The number of hydrogen-bond acceptors (Lipinski definition) is 7. The first-order valence-electron chi connectivity index (χ1n) is 10.8. The van der Waals surface area contributed by atoms with Crippen molar-refractivity contribution in [1.29, 1.82) is 0 Å². The van der Waals surface area contributed by atoms with Gasteiger partial charge < -0.3 is 24.2 Å². The van der Waals surface area contributed by atoms with Gasteiger partial charge in [-0.3, -0.25) is 9.78 Å². The number of aromatic amines is 1. The standard InChI is InChI=1S/C24H25ClN2O5S2/c1-15(12-31-19-7-5-16(6-8-19)10-21-22(28)26-23(29)34-21)27-11-20(32-24(27)33)14-30-13-17-3-2-4-18(25)9-17/h2-9,15,20,28H,10-14H2,1H3,(H,26,29). The lowest BCUT2D eigenvalue weighted by Crippen LogP contribution is -2.38. The van der Waals surface area contributed by atoms with Crippen LogP contribution >= 0.6 is 35.2 Å². The van der Waals surface area contributed by atoms with Gasteiger partial charge in [0.25, 0.3) is 5.17 Å². The number of thiocarbonyl (C=S) groups is 1. The van der Waals surface area contributed by atoms with Crippen molar-refractivity contribution in [2.24, 2.45) is 0 Å². The zero-order valence-corrected chi connectivity index (χ0v) is 20.9. The van der Waals surface area contributed by atoms with E-state index in [0.29, 0.717) is 47.9 Å². The largest absolute Gasteiger partial charge is 0.494 e. The molecule has 2 atom stereocenters. The number of H-pyrrole nitrogens is 1. The molecule has 2 heterocycles. The van der Waals surface area contributed by atoms with Gasteiger partial charge in [0.15, 0.2) is 0 Å². The Morgan fingerprint density at radius 3 is 2.79 bits per heavy atom. The van der Waals surface area contributed by atoms with Gasteiger partial charge in [0, 0.05) is 11.4 Å².